The minimum atomic E-state index is -0.656. The first-order valence-electron chi connectivity index (χ1n) is 3.57. The first kappa shape index (κ1) is 10.9. The predicted molar refractivity (Wildman–Crippen MR) is 55.2 cm³/mol. The van der Waals surface area contributed by atoms with E-state index in [-0.39, 0.29) is 14.7 Å². The summed E-state index contributed by atoms with van der Waals surface area (Å²) in [5.74, 6) is -1.25. The van der Waals surface area contributed by atoms with Gasteiger partial charge in [0.25, 0.3) is 0 Å². The summed E-state index contributed by atoms with van der Waals surface area (Å²) in [7, 11) is 1.20. The predicted octanol–water partition coefficient (Wildman–Crippen LogP) is 2.09. The Morgan fingerprint density at radius 1 is 1.64 bits per heavy atom. The van der Waals surface area contributed by atoms with Gasteiger partial charge in [-0.05, 0) is 34.7 Å². The summed E-state index contributed by atoms with van der Waals surface area (Å²) in [6.07, 6.45) is 0. The van der Waals surface area contributed by atoms with Crippen LogP contribution in [-0.4, -0.2) is 13.1 Å². The lowest BCUT2D eigenvalue weighted by Gasteiger charge is -2.02. The number of hydrogen-bond acceptors (Lipinski definition) is 3. The van der Waals surface area contributed by atoms with Crippen molar-refractivity contribution in [2.24, 2.45) is 0 Å². The average molecular weight is 305 g/mol. The number of benzene rings is 1. The SMILES string of the molecule is COC(=O)c1cc(F)c(I)c(C#N)c1. The molecule has 0 aliphatic heterocycles. The second-order valence-electron chi connectivity index (χ2n) is 2.42. The maximum absolute atomic E-state index is 13.2. The van der Waals surface area contributed by atoms with Gasteiger partial charge in [0.2, 0.25) is 0 Å². The van der Waals surface area contributed by atoms with Gasteiger partial charge >= 0.3 is 5.97 Å². The van der Waals surface area contributed by atoms with Crippen molar-refractivity contribution in [3.05, 3.63) is 32.6 Å². The molecule has 1 aromatic carbocycles. The lowest BCUT2D eigenvalue weighted by atomic mass is 10.1. The summed E-state index contributed by atoms with van der Waals surface area (Å²) in [6.45, 7) is 0. The second kappa shape index (κ2) is 4.37. The van der Waals surface area contributed by atoms with Gasteiger partial charge < -0.3 is 4.74 Å². The molecule has 1 aromatic rings. The molecule has 14 heavy (non-hydrogen) atoms. The van der Waals surface area contributed by atoms with Crippen LogP contribution in [-0.2, 0) is 4.74 Å². The lowest BCUT2D eigenvalue weighted by Crippen LogP contribution is -2.03. The smallest absolute Gasteiger partial charge is 0.337 e. The highest BCUT2D eigenvalue weighted by Crippen LogP contribution is 2.18. The molecule has 0 aliphatic rings. The summed E-state index contributed by atoms with van der Waals surface area (Å²) < 4.78 is 17.8. The van der Waals surface area contributed by atoms with Crippen molar-refractivity contribution in [1.29, 1.82) is 5.26 Å². The molecule has 5 heteroatoms. The molecule has 0 spiro atoms. The zero-order valence-corrected chi connectivity index (χ0v) is 9.33. The zero-order valence-electron chi connectivity index (χ0n) is 7.17. The van der Waals surface area contributed by atoms with E-state index in [4.69, 9.17) is 5.26 Å². The molecule has 0 bridgehead atoms. The third-order valence-electron chi connectivity index (χ3n) is 1.57. The molecule has 0 saturated carbocycles. The molecule has 0 radical (unpaired) electrons. The summed E-state index contributed by atoms with van der Waals surface area (Å²) in [5.41, 5.74) is 0.174. The van der Waals surface area contributed by atoms with Crippen molar-refractivity contribution in [2.75, 3.05) is 7.11 Å². The van der Waals surface area contributed by atoms with Gasteiger partial charge in [0.15, 0.2) is 0 Å². The van der Waals surface area contributed by atoms with Gasteiger partial charge in [-0.3, -0.25) is 0 Å². The Morgan fingerprint density at radius 2 is 2.29 bits per heavy atom. The van der Waals surface area contributed by atoms with Crippen molar-refractivity contribution < 1.29 is 13.9 Å². The van der Waals surface area contributed by atoms with Crippen LogP contribution in [0.3, 0.4) is 0 Å². The van der Waals surface area contributed by atoms with Crippen molar-refractivity contribution in [3.8, 4) is 6.07 Å². The maximum Gasteiger partial charge on any atom is 0.337 e. The van der Waals surface area contributed by atoms with E-state index in [1.165, 1.54) is 13.2 Å². The molecule has 0 atom stereocenters. The van der Waals surface area contributed by atoms with E-state index in [0.717, 1.165) is 6.07 Å². The maximum atomic E-state index is 13.2. The Labute approximate surface area is 93.6 Å². The van der Waals surface area contributed by atoms with Crippen molar-refractivity contribution in [3.63, 3.8) is 0 Å². The second-order valence-corrected chi connectivity index (χ2v) is 3.50. The fraction of sp³-hybridized carbons (Fsp3) is 0.111. The van der Waals surface area contributed by atoms with E-state index < -0.39 is 11.8 Å². The molecule has 0 saturated heterocycles. The number of carbonyl (C=O) groups excluding carboxylic acids is 1. The Kier molecular flexibility index (Phi) is 3.41. The Hall–Kier alpha value is -1.16. The number of esters is 1. The normalized spacial score (nSPS) is 9.29. The highest BCUT2D eigenvalue weighted by Gasteiger charge is 2.13. The van der Waals surface area contributed by atoms with E-state index >= 15 is 0 Å². The monoisotopic (exact) mass is 305 g/mol. The molecule has 3 nitrogen and oxygen atoms in total. The number of hydrogen-bond donors (Lipinski definition) is 0. The minimum absolute atomic E-state index is 0.0435. The Balaban J connectivity index is 3.32. The third kappa shape index (κ3) is 2.01. The number of nitriles is 1. The van der Waals surface area contributed by atoms with Crippen LogP contribution < -0.4 is 0 Å². The van der Waals surface area contributed by atoms with Gasteiger partial charge in [-0.25, -0.2) is 9.18 Å². The van der Waals surface area contributed by atoms with Gasteiger partial charge in [0, 0.05) is 0 Å². The van der Waals surface area contributed by atoms with Gasteiger partial charge in [-0.15, -0.1) is 0 Å². The quantitative estimate of drug-likeness (QED) is 0.590. The first-order chi connectivity index (χ1) is 6.60. The van der Waals surface area contributed by atoms with Crippen molar-refractivity contribution in [2.45, 2.75) is 0 Å². The fourth-order valence-corrected chi connectivity index (χ4v) is 1.34. The van der Waals surface area contributed by atoms with Crippen LogP contribution in [0.15, 0.2) is 12.1 Å². The molecule has 1 rings (SSSR count). The lowest BCUT2D eigenvalue weighted by molar-refractivity contribution is 0.0600. The van der Waals surface area contributed by atoms with Crippen LogP contribution in [0.5, 0.6) is 0 Å². The number of methoxy groups -OCH3 is 1. The molecular weight excluding hydrogens is 300 g/mol. The van der Waals surface area contributed by atoms with Crippen LogP contribution in [0.25, 0.3) is 0 Å². The summed E-state index contributed by atoms with van der Waals surface area (Å²) in [5, 5.41) is 8.65. The Morgan fingerprint density at radius 3 is 2.79 bits per heavy atom. The highest BCUT2D eigenvalue weighted by atomic mass is 127. The molecule has 0 aromatic heterocycles. The number of halogens is 2. The summed E-state index contributed by atoms with van der Waals surface area (Å²) in [4.78, 5) is 11.0. The molecule has 0 heterocycles. The standard InChI is InChI=1S/C9H5FINO2/c1-14-9(13)5-2-6(4-12)8(11)7(10)3-5/h2-3H,1H3. The van der Waals surface area contributed by atoms with Gasteiger partial charge in [-0.2, -0.15) is 5.26 Å². The molecule has 0 N–H and O–H groups in total. The largest absolute Gasteiger partial charge is 0.465 e. The van der Waals surface area contributed by atoms with Crippen LogP contribution in [0.2, 0.25) is 0 Å². The van der Waals surface area contributed by atoms with Crippen molar-refractivity contribution in [1.82, 2.24) is 0 Å². The molecule has 0 amide bonds. The number of nitrogens with zero attached hydrogens (tertiary/aromatic N) is 1. The van der Waals surface area contributed by atoms with E-state index in [1.54, 1.807) is 28.7 Å². The molecule has 0 fully saturated rings. The number of carbonyl (C=O) groups is 1. The van der Waals surface area contributed by atoms with Crippen molar-refractivity contribution >= 4 is 28.6 Å². The van der Waals surface area contributed by atoms with Crippen LogP contribution in [0, 0.1) is 20.7 Å². The van der Waals surface area contributed by atoms with Gasteiger partial charge in [0.05, 0.1) is 21.8 Å². The minimum Gasteiger partial charge on any atom is -0.465 e. The van der Waals surface area contributed by atoms with Crippen LogP contribution in [0.1, 0.15) is 15.9 Å². The molecule has 72 valence electrons. The zero-order chi connectivity index (χ0) is 10.7. The topological polar surface area (TPSA) is 50.1 Å². The van der Waals surface area contributed by atoms with Crippen LogP contribution in [0.4, 0.5) is 4.39 Å². The number of ether oxygens (including phenoxy) is 1. The van der Waals surface area contributed by atoms with E-state index in [2.05, 4.69) is 4.74 Å². The fourth-order valence-electron chi connectivity index (χ4n) is 0.906. The number of rotatable bonds is 1. The van der Waals surface area contributed by atoms with Crippen LogP contribution >= 0.6 is 22.6 Å². The summed E-state index contributed by atoms with van der Waals surface area (Å²) in [6, 6.07) is 4.15. The van der Waals surface area contributed by atoms with Gasteiger partial charge in [-0.1, -0.05) is 0 Å². The molecule has 0 aliphatic carbocycles. The first-order valence-corrected chi connectivity index (χ1v) is 4.65. The van der Waals surface area contributed by atoms with E-state index in [0.29, 0.717) is 0 Å². The molecular formula is C9H5FINO2. The third-order valence-corrected chi connectivity index (χ3v) is 2.67. The van der Waals surface area contributed by atoms with Gasteiger partial charge in [0.1, 0.15) is 11.9 Å². The Bertz CT molecular complexity index is 426. The molecule has 0 unspecified atom stereocenters. The average Bonchev–Trinajstić information content (AvgIpc) is 2.20. The van der Waals surface area contributed by atoms with E-state index in [1.807, 2.05) is 0 Å². The highest BCUT2D eigenvalue weighted by molar-refractivity contribution is 14.1. The van der Waals surface area contributed by atoms with E-state index in [9.17, 15) is 9.18 Å². The summed E-state index contributed by atoms with van der Waals surface area (Å²) >= 11 is 1.71.